The molecule has 140 valence electrons. The standard InChI is InChI=1S/C19H12ClF2N5O/c20-15-4-14(21)5-16(22)19(15)11-1-2-12-7-26(8-13(12)3-11)18(28)9-27-10-24-17(6-23)25-27/h1-5,10H,7-9H2. The van der Waals surface area contributed by atoms with Crippen LogP contribution < -0.4 is 0 Å². The van der Waals surface area contributed by atoms with E-state index in [1.807, 2.05) is 0 Å². The van der Waals surface area contributed by atoms with E-state index < -0.39 is 11.6 Å². The maximum atomic E-state index is 14.2. The van der Waals surface area contributed by atoms with Crippen molar-refractivity contribution in [1.29, 1.82) is 5.26 Å². The molecular formula is C19H12ClF2N5O. The van der Waals surface area contributed by atoms with Crippen molar-refractivity contribution in [1.82, 2.24) is 19.7 Å². The SMILES string of the molecule is N#Cc1ncn(CC(=O)N2Cc3ccc(-c4c(F)cc(F)cc4Cl)cc3C2)n1. The van der Waals surface area contributed by atoms with Crippen LogP contribution in [-0.2, 0) is 24.4 Å². The van der Waals surface area contributed by atoms with Crippen molar-refractivity contribution in [2.45, 2.75) is 19.6 Å². The molecule has 9 heteroatoms. The van der Waals surface area contributed by atoms with E-state index >= 15 is 0 Å². The molecule has 0 spiro atoms. The van der Waals surface area contributed by atoms with Crippen molar-refractivity contribution >= 4 is 17.5 Å². The number of carbonyl (C=O) groups is 1. The Morgan fingerprint density at radius 2 is 2.00 bits per heavy atom. The second-order valence-corrected chi connectivity index (χ2v) is 6.76. The first-order chi connectivity index (χ1) is 13.4. The van der Waals surface area contributed by atoms with Gasteiger partial charge in [0.05, 0.1) is 5.02 Å². The van der Waals surface area contributed by atoms with E-state index in [0.717, 1.165) is 23.3 Å². The summed E-state index contributed by atoms with van der Waals surface area (Å²) in [5.41, 5.74) is 2.45. The Morgan fingerprint density at radius 3 is 2.71 bits per heavy atom. The quantitative estimate of drug-likeness (QED) is 0.677. The van der Waals surface area contributed by atoms with Crippen molar-refractivity contribution < 1.29 is 13.6 Å². The zero-order chi connectivity index (χ0) is 19.8. The molecule has 0 unspecified atom stereocenters. The summed E-state index contributed by atoms with van der Waals surface area (Å²) < 4.78 is 28.8. The number of aromatic nitrogens is 3. The molecule has 4 rings (SSSR count). The van der Waals surface area contributed by atoms with Crippen LogP contribution in [0.3, 0.4) is 0 Å². The summed E-state index contributed by atoms with van der Waals surface area (Å²) in [5.74, 6) is -1.66. The van der Waals surface area contributed by atoms with E-state index in [2.05, 4.69) is 10.1 Å². The molecule has 6 nitrogen and oxygen atoms in total. The van der Waals surface area contributed by atoms with Crippen LogP contribution in [0.15, 0.2) is 36.7 Å². The highest BCUT2D eigenvalue weighted by Gasteiger charge is 2.25. The third-order valence-electron chi connectivity index (χ3n) is 4.51. The number of amides is 1. The first-order valence-corrected chi connectivity index (χ1v) is 8.66. The van der Waals surface area contributed by atoms with Gasteiger partial charge in [-0.1, -0.05) is 23.7 Å². The molecule has 0 atom stereocenters. The van der Waals surface area contributed by atoms with Crippen LogP contribution in [0.2, 0.25) is 5.02 Å². The largest absolute Gasteiger partial charge is 0.332 e. The molecule has 1 aliphatic heterocycles. The van der Waals surface area contributed by atoms with Gasteiger partial charge in [-0.05, 0) is 28.8 Å². The number of hydrogen-bond donors (Lipinski definition) is 0. The summed E-state index contributed by atoms with van der Waals surface area (Å²) in [4.78, 5) is 17.9. The fourth-order valence-electron chi connectivity index (χ4n) is 3.20. The van der Waals surface area contributed by atoms with E-state index in [1.54, 1.807) is 29.2 Å². The topological polar surface area (TPSA) is 74.8 Å². The maximum absolute atomic E-state index is 14.2. The highest BCUT2D eigenvalue weighted by atomic mass is 35.5. The lowest BCUT2D eigenvalue weighted by molar-refractivity contribution is -0.132. The second-order valence-electron chi connectivity index (χ2n) is 6.36. The predicted molar refractivity (Wildman–Crippen MR) is 95.8 cm³/mol. The lowest BCUT2D eigenvalue weighted by Gasteiger charge is -2.14. The van der Waals surface area contributed by atoms with Gasteiger partial charge in [-0.2, -0.15) is 5.26 Å². The molecule has 0 aliphatic carbocycles. The average molecular weight is 400 g/mol. The minimum Gasteiger partial charge on any atom is -0.332 e. The number of rotatable bonds is 3. The molecule has 1 aliphatic rings. The number of halogens is 3. The molecule has 0 saturated heterocycles. The van der Waals surface area contributed by atoms with Gasteiger partial charge in [-0.25, -0.2) is 18.4 Å². The van der Waals surface area contributed by atoms with Gasteiger partial charge in [0.2, 0.25) is 5.91 Å². The number of hydrogen-bond acceptors (Lipinski definition) is 4. The summed E-state index contributed by atoms with van der Waals surface area (Å²) in [5, 5.41) is 12.6. The van der Waals surface area contributed by atoms with Gasteiger partial charge in [0.25, 0.3) is 5.82 Å². The zero-order valence-electron chi connectivity index (χ0n) is 14.4. The first kappa shape index (κ1) is 18.1. The van der Waals surface area contributed by atoms with Gasteiger partial charge in [0.1, 0.15) is 30.6 Å². The van der Waals surface area contributed by atoms with E-state index in [9.17, 15) is 13.6 Å². The molecule has 28 heavy (non-hydrogen) atoms. The van der Waals surface area contributed by atoms with Crippen LogP contribution in [0.4, 0.5) is 8.78 Å². The van der Waals surface area contributed by atoms with Gasteiger partial charge in [-0.3, -0.25) is 4.79 Å². The molecule has 2 heterocycles. The maximum Gasteiger partial charge on any atom is 0.252 e. The normalized spacial score (nSPS) is 12.7. The van der Waals surface area contributed by atoms with E-state index in [4.69, 9.17) is 16.9 Å². The molecule has 0 fully saturated rings. The summed E-state index contributed by atoms with van der Waals surface area (Å²) in [6, 6.07) is 8.93. The van der Waals surface area contributed by atoms with Gasteiger partial charge in [-0.15, -0.1) is 5.10 Å². The third-order valence-corrected chi connectivity index (χ3v) is 4.81. The lowest BCUT2D eigenvalue weighted by Crippen LogP contribution is -2.29. The molecule has 1 amide bonds. The fraction of sp³-hybridized carbons (Fsp3) is 0.158. The van der Waals surface area contributed by atoms with Crippen LogP contribution in [0, 0.1) is 23.0 Å². The molecule has 0 saturated carbocycles. The minimum atomic E-state index is -0.740. The number of nitriles is 1. The molecule has 0 bridgehead atoms. The van der Waals surface area contributed by atoms with Crippen molar-refractivity contribution in [3.63, 3.8) is 0 Å². The van der Waals surface area contributed by atoms with Crippen LogP contribution in [0.25, 0.3) is 11.1 Å². The Kier molecular flexibility index (Phi) is 4.53. The van der Waals surface area contributed by atoms with Crippen LogP contribution in [0.5, 0.6) is 0 Å². The minimum absolute atomic E-state index is 0.000327. The second kappa shape index (κ2) is 7.02. The predicted octanol–water partition coefficient (Wildman–Crippen LogP) is 3.29. The van der Waals surface area contributed by atoms with Gasteiger partial charge < -0.3 is 4.90 Å². The molecular weight excluding hydrogens is 388 g/mol. The number of carbonyl (C=O) groups excluding carboxylic acids is 1. The van der Waals surface area contributed by atoms with Crippen molar-refractivity contribution in [2.24, 2.45) is 0 Å². The van der Waals surface area contributed by atoms with Crippen molar-refractivity contribution in [3.8, 4) is 17.2 Å². The molecule has 2 aromatic carbocycles. The Bertz CT molecular complexity index is 1110. The zero-order valence-corrected chi connectivity index (χ0v) is 15.1. The summed E-state index contributed by atoms with van der Waals surface area (Å²) in [7, 11) is 0. The Balaban J connectivity index is 1.54. The molecule has 3 aromatic rings. The Labute approximate surface area is 163 Å². The van der Waals surface area contributed by atoms with Gasteiger partial charge in [0, 0.05) is 24.7 Å². The number of nitrogens with zero attached hydrogens (tertiary/aromatic N) is 5. The average Bonchev–Trinajstić information content (AvgIpc) is 3.27. The third kappa shape index (κ3) is 3.32. The Hall–Kier alpha value is -3.31. The van der Waals surface area contributed by atoms with Crippen molar-refractivity contribution in [3.05, 3.63) is 70.3 Å². The van der Waals surface area contributed by atoms with Gasteiger partial charge in [0.15, 0.2) is 0 Å². The van der Waals surface area contributed by atoms with E-state index in [-0.39, 0.29) is 28.9 Å². The molecule has 0 radical (unpaired) electrons. The summed E-state index contributed by atoms with van der Waals surface area (Å²) in [6.45, 7) is 0.726. The smallest absolute Gasteiger partial charge is 0.252 e. The monoisotopic (exact) mass is 399 g/mol. The highest BCUT2D eigenvalue weighted by molar-refractivity contribution is 6.33. The first-order valence-electron chi connectivity index (χ1n) is 8.28. The summed E-state index contributed by atoms with van der Waals surface area (Å²) in [6.07, 6.45) is 1.33. The fourth-order valence-corrected chi connectivity index (χ4v) is 3.51. The number of fused-ring (bicyclic) bond motifs is 1. The van der Waals surface area contributed by atoms with Crippen LogP contribution in [-0.4, -0.2) is 25.6 Å². The van der Waals surface area contributed by atoms with Crippen molar-refractivity contribution in [2.75, 3.05) is 0 Å². The summed E-state index contributed by atoms with van der Waals surface area (Å²) >= 11 is 6.02. The molecule has 0 N–H and O–H groups in total. The number of benzene rings is 2. The lowest BCUT2D eigenvalue weighted by atomic mass is 10.00. The van der Waals surface area contributed by atoms with Crippen LogP contribution in [0.1, 0.15) is 17.0 Å². The van der Waals surface area contributed by atoms with E-state index in [0.29, 0.717) is 18.7 Å². The Morgan fingerprint density at radius 1 is 1.21 bits per heavy atom. The van der Waals surface area contributed by atoms with E-state index in [1.165, 1.54) is 11.0 Å². The molecule has 1 aromatic heterocycles. The van der Waals surface area contributed by atoms with Crippen LogP contribution >= 0.6 is 11.6 Å². The highest BCUT2D eigenvalue weighted by Crippen LogP contribution is 2.34. The van der Waals surface area contributed by atoms with Gasteiger partial charge >= 0.3 is 0 Å².